The van der Waals surface area contributed by atoms with Crippen molar-refractivity contribution < 1.29 is 9.84 Å². The van der Waals surface area contributed by atoms with E-state index in [0.717, 1.165) is 59.5 Å². The van der Waals surface area contributed by atoms with Gasteiger partial charge in [-0.1, -0.05) is 32.1 Å². The molecule has 35 heavy (non-hydrogen) atoms. The van der Waals surface area contributed by atoms with E-state index in [4.69, 9.17) is 15.5 Å². The van der Waals surface area contributed by atoms with Crippen LogP contribution in [0.3, 0.4) is 0 Å². The Bertz CT molecular complexity index is 1220. The molecule has 0 amide bonds. The average molecular weight is 474 g/mol. The van der Waals surface area contributed by atoms with E-state index in [1.54, 1.807) is 10.7 Å². The number of nitrogens with two attached hydrogens (primary N) is 1. The molecule has 3 N–H and O–H groups in total. The molecule has 0 radical (unpaired) electrons. The molecule has 1 aliphatic rings. The molecule has 0 aliphatic carbocycles. The van der Waals surface area contributed by atoms with Gasteiger partial charge in [0.05, 0.1) is 47.8 Å². The van der Waals surface area contributed by atoms with E-state index in [0.29, 0.717) is 11.5 Å². The largest absolute Gasteiger partial charge is 0.390 e. The lowest BCUT2D eigenvalue weighted by Gasteiger charge is -2.15. The lowest BCUT2D eigenvalue weighted by molar-refractivity contribution is 0.0888. The summed E-state index contributed by atoms with van der Waals surface area (Å²) in [6.07, 6.45) is 7.91. The standard InChI is InChI=1S/C28H35N5O2/c1-5-8-23(29)25-11-7-10-24(32-25)18(2)15-26-22(20(4)27-14-13-19(3)35-27)16-30-33(26)28-12-6-9-21(17-34)31-28/h6-7,9-12,15-16,19,23,27,34H,4-5,8,13-14,17,29H2,1-3H3/b18-15+/t19-,23+,27-/m1/s1. The molecule has 0 spiro atoms. The van der Waals surface area contributed by atoms with Gasteiger partial charge in [0.15, 0.2) is 5.82 Å². The molecule has 184 valence electrons. The van der Waals surface area contributed by atoms with Gasteiger partial charge in [-0.15, -0.1) is 0 Å². The second kappa shape index (κ2) is 11.1. The highest BCUT2D eigenvalue weighted by Gasteiger charge is 2.27. The number of aliphatic hydroxyl groups excluding tert-OH is 1. The number of allylic oxidation sites excluding steroid dienone is 1. The Morgan fingerprint density at radius 3 is 2.77 bits per heavy atom. The van der Waals surface area contributed by atoms with Crippen LogP contribution in [0.25, 0.3) is 23.0 Å². The number of aliphatic hydroxyl groups is 1. The van der Waals surface area contributed by atoms with Crippen LogP contribution in [-0.4, -0.2) is 37.1 Å². The maximum atomic E-state index is 9.59. The topological polar surface area (TPSA) is 99.1 Å². The van der Waals surface area contributed by atoms with E-state index in [-0.39, 0.29) is 24.9 Å². The molecule has 0 aromatic carbocycles. The summed E-state index contributed by atoms with van der Waals surface area (Å²) in [5.74, 6) is 0.627. The minimum atomic E-state index is -0.137. The van der Waals surface area contributed by atoms with Gasteiger partial charge in [-0.3, -0.25) is 4.98 Å². The van der Waals surface area contributed by atoms with E-state index in [1.165, 1.54) is 0 Å². The zero-order valence-electron chi connectivity index (χ0n) is 20.8. The molecule has 3 aromatic rings. The molecule has 0 bridgehead atoms. The first-order valence-corrected chi connectivity index (χ1v) is 12.3. The quantitative estimate of drug-likeness (QED) is 0.449. The third-order valence-corrected chi connectivity index (χ3v) is 6.45. The van der Waals surface area contributed by atoms with E-state index >= 15 is 0 Å². The van der Waals surface area contributed by atoms with Crippen molar-refractivity contribution in [3.63, 3.8) is 0 Å². The number of pyridine rings is 2. The highest BCUT2D eigenvalue weighted by molar-refractivity contribution is 5.83. The number of nitrogens with zero attached hydrogens (tertiary/aromatic N) is 4. The van der Waals surface area contributed by atoms with E-state index < -0.39 is 0 Å². The summed E-state index contributed by atoms with van der Waals surface area (Å²) in [6.45, 7) is 10.5. The Morgan fingerprint density at radius 2 is 2.06 bits per heavy atom. The van der Waals surface area contributed by atoms with Crippen LogP contribution in [0.4, 0.5) is 0 Å². The zero-order chi connectivity index (χ0) is 24.9. The Labute approximate surface area is 207 Å². The maximum absolute atomic E-state index is 9.59. The van der Waals surface area contributed by atoms with Crippen LogP contribution in [0.5, 0.6) is 0 Å². The minimum absolute atomic E-state index is 0.0414. The van der Waals surface area contributed by atoms with Crippen molar-refractivity contribution >= 4 is 17.2 Å². The fourth-order valence-corrected chi connectivity index (χ4v) is 4.45. The third kappa shape index (κ3) is 5.59. The van der Waals surface area contributed by atoms with Crippen LogP contribution >= 0.6 is 0 Å². The smallest absolute Gasteiger partial charge is 0.154 e. The molecule has 4 heterocycles. The molecule has 3 atom stereocenters. The SMILES string of the molecule is C=C(c1cnn(-c2cccc(CO)n2)c1/C=C(\C)c1cccc([C@@H](N)CCC)n1)[C@H]1CC[C@@H](C)O1. The number of ether oxygens (including phenoxy) is 1. The Balaban J connectivity index is 1.78. The summed E-state index contributed by atoms with van der Waals surface area (Å²) in [6, 6.07) is 11.4. The Kier molecular flexibility index (Phi) is 7.90. The van der Waals surface area contributed by atoms with Crippen molar-refractivity contribution in [2.24, 2.45) is 5.73 Å². The summed E-state index contributed by atoms with van der Waals surface area (Å²) in [4.78, 5) is 9.42. The summed E-state index contributed by atoms with van der Waals surface area (Å²) in [7, 11) is 0. The molecular formula is C28H35N5O2. The maximum Gasteiger partial charge on any atom is 0.154 e. The first-order chi connectivity index (χ1) is 16.9. The molecule has 4 rings (SSSR count). The lowest BCUT2D eigenvalue weighted by atomic mass is 9.99. The van der Waals surface area contributed by atoms with Gasteiger partial charge in [0.25, 0.3) is 0 Å². The number of aromatic nitrogens is 4. The van der Waals surface area contributed by atoms with Gasteiger partial charge in [0, 0.05) is 11.6 Å². The van der Waals surface area contributed by atoms with Gasteiger partial charge in [-0.2, -0.15) is 5.10 Å². The van der Waals surface area contributed by atoms with E-state index in [9.17, 15) is 5.11 Å². The first-order valence-electron chi connectivity index (χ1n) is 12.3. The van der Waals surface area contributed by atoms with Gasteiger partial charge in [-0.25, -0.2) is 9.67 Å². The van der Waals surface area contributed by atoms with Crippen molar-refractivity contribution in [3.8, 4) is 5.82 Å². The molecule has 7 heteroatoms. The van der Waals surface area contributed by atoms with Gasteiger partial charge in [0.2, 0.25) is 0 Å². The number of rotatable bonds is 9. The highest BCUT2D eigenvalue weighted by atomic mass is 16.5. The van der Waals surface area contributed by atoms with Gasteiger partial charge >= 0.3 is 0 Å². The van der Waals surface area contributed by atoms with Crippen molar-refractivity contribution in [2.75, 3.05) is 0 Å². The van der Waals surface area contributed by atoms with Crippen LogP contribution in [0, 0.1) is 0 Å². The highest BCUT2D eigenvalue weighted by Crippen LogP contribution is 2.33. The van der Waals surface area contributed by atoms with E-state index in [2.05, 4.69) is 36.6 Å². The van der Waals surface area contributed by atoms with Gasteiger partial charge in [-0.05, 0) is 74.6 Å². The van der Waals surface area contributed by atoms with Crippen LogP contribution in [0.15, 0.2) is 49.2 Å². The van der Waals surface area contributed by atoms with Crippen molar-refractivity contribution in [3.05, 3.63) is 77.5 Å². The number of hydrogen-bond acceptors (Lipinski definition) is 6. The second-order valence-electron chi connectivity index (χ2n) is 9.21. The van der Waals surface area contributed by atoms with Gasteiger partial charge in [0.1, 0.15) is 0 Å². The predicted octanol–water partition coefficient (Wildman–Crippen LogP) is 5.10. The predicted molar refractivity (Wildman–Crippen MR) is 140 cm³/mol. The summed E-state index contributed by atoms with van der Waals surface area (Å²) < 4.78 is 7.89. The number of hydrogen-bond donors (Lipinski definition) is 2. The Morgan fingerprint density at radius 1 is 1.26 bits per heavy atom. The molecule has 0 unspecified atom stereocenters. The van der Waals surface area contributed by atoms with Crippen LogP contribution < -0.4 is 5.73 Å². The summed E-state index contributed by atoms with van der Waals surface area (Å²) in [5, 5.41) is 14.3. The zero-order valence-corrected chi connectivity index (χ0v) is 20.8. The van der Waals surface area contributed by atoms with Crippen LogP contribution in [0.2, 0.25) is 0 Å². The molecule has 0 saturated carbocycles. The molecule has 3 aromatic heterocycles. The van der Waals surface area contributed by atoms with Crippen LogP contribution in [0.1, 0.15) is 80.8 Å². The summed E-state index contributed by atoms with van der Waals surface area (Å²) in [5.41, 5.74) is 12.3. The van der Waals surface area contributed by atoms with Crippen molar-refractivity contribution in [2.45, 2.75) is 71.3 Å². The second-order valence-corrected chi connectivity index (χ2v) is 9.21. The van der Waals surface area contributed by atoms with Gasteiger partial charge < -0.3 is 15.6 Å². The fraction of sp³-hybridized carbons (Fsp3) is 0.393. The average Bonchev–Trinajstić information content (AvgIpc) is 3.50. The molecular weight excluding hydrogens is 438 g/mol. The minimum Gasteiger partial charge on any atom is -0.390 e. The fourth-order valence-electron chi connectivity index (χ4n) is 4.45. The lowest BCUT2D eigenvalue weighted by Crippen LogP contribution is -2.12. The third-order valence-electron chi connectivity index (χ3n) is 6.45. The molecule has 1 fully saturated rings. The molecule has 7 nitrogen and oxygen atoms in total. The Hall–Kier alpha value is -3.13. The summed E-state index contributed by atoms with van der Waals surface area (Å²) >= 11 is 0. The molecule has 1 saturated heterocycles. The van der Waals surface area contributed by atoms with Crippen LogP contribution in [-0.2, 0) is 11.3 Å². The van der Waals surface area contributed by atoms with Crippen molar-refractivity contribution in [1.29, 1.82) is 0 Å². The van der Waals surface area contributed by atoms with E-state index in [1.807, 2.05) is 43.5 Å². The normalized spacial score (nSPS) is 19.2. The van der Waals surface area contributed by atoms with Crippen molar-refractivity contribution in [1.82, 2.24) is 19.7 Å². The molecule has 1 aliphatic heterocycles. The first kappa shape index (κ1) is 25.0. The monoisotopic (exact) mass is 473 g/mol.